The Morgan fingerprint density at radius 1 is 1.15 bits per heavy atom. The molecule has 0 aliphatic rings. The van der Waals surface area contributed by atoms with Gasteiger partial charge in [0, 0.05) is 12.2 Å². The van der Waals surface area contributed by atoms with Gasteiger partial charge in [0.15, 0.2) is 0 Å². The molecule has 0 aliphatic heterocycles. The summed E-state index contributed by atoms with van der Waals surface area (Å²) in [4.78, 5) is 33.3. The van der Waals surface area contributed by atoms with E-state index in [9.17, 15) is 14.4 Å². The summed E-state index contributed by atoms with van der Waals surface area (Å²) in [7, 11) is 0. The summed E-state index contributed by atoms with van der Waals surface area (Å²) in [6.07, 6.45) is 1.85. The lowest BCUT2D eigenvalue weighted by Crippen LogP contribution is -2.42. The summed E-state index contributed by atoms with van der Waals surface area (Å²) in [6, 6.07) is 9.09. The molecular weight excluding hydrogens is 262 g/mol. The van der Waals surface area contributed by atoms with Gasteiger partial charge in [-0.05, 0) is 5.56 Å². The predicted molar refractivity (Wildman–Crippen MR) is 70.5 cm³/mol. The highest BCUT2D eigenvalue weighted by atomic mass is 16.5. The maximum Gasteiger partial charge on any atom is 0.331 e. The van der Waals surface area contributed by atoms with Crippen LogP contribution in [-0.2, 0) is 25.7 Å². The zero-order valence-corrected chi connectivity index (χ0v) is 10.7. The normalized spacial score (nSPS) is 10.2. The van der Waals surface area contributed by atoms with E-state index >= 15 is 0 Å². The van der Waals surface area contributed by atoms with Crippen LogP contribution in [0.25, 0.3) is 0 Å². The number of hydrogen-bond acceptors (Lipinski definition) is 5. The van der Waals surface area contributed by atoms with Crippen molar-refractivity contribution in [2.75, 3.05) is 6.54 Å². The van der Waals surface area contributed by atoms with E-state index in [4.69, 9.17) is 16.3 Å². The number of esters is 1. The number of hydrogen-bond donors (Lipinski definition) is 2. The van der Waals surface area contributed by atoms with E-state index < -0.39 is 24.3 Å². The van der Waals surface area contributed by atoms with Crippen LogP contribution in [0.15, 0.2) is 42.5 Å². The molecule has 0 radical (unpaired) electrons. The van der Waals surface area contributed by atoms with Gasteiger partial charge in [0.05, 0.1) is 0 Å². The lowest BCUT2D eigenvalue weighted by molar-refractivity contribution is -0.139. The molecule has 0 heterocycles. The van der Waals surface area contributed by atoms with E-state index in [0.717, 1.165) is 17.7 Å². The standard InChI is InChI=1S/C13H15N3O4/c14-11(17)8-16(15)12(18)6-7-13(19)20-9-10-4-2-1-3-5-10/h1-7H,8-9,15H2,(H2,14,17). The molecule has 2 amide bonds. The molecule has 0 fully saturated rings. The molecule has 0 bridgehead atoms. The first-order valence-electron chi connectivity index (χ1n) is 5.72. The first-order chi connectivity index (χ1) is 9.49. The van der Waals surface area contributed by atoms with Crippen LogP contribution in [0.1, 0.15) is 5.56 Å². The van der Waals surface area contributed by atoms with E-state index in [1.54, 1.807) is 12.1 Å². The fourth-order valence-corrected chi connectivity index (χ4v) is 1.26. The minimum absolute atomic E-state index is 0.103. The van der Waals surface area contributed by atoms with Crippen molar-refractivity contribution in [2.24, 2.45) is 11.6 Å². The molecule has 0 saturated heterocycles. The first-order valence-corrected chi connectivity index (χ1v) is 5.72. The summed E-state index contributed by atoms with van der Waals surface area (Å²) in [6.45, 7) is -0.325. The van der Waals surface area contributed by atoms with Crippen molar-refractivity contribution in [3.8, 4) is 0 Å². The third-order valence-electron chi connectivity index (χ3n) is 2.20. The van der Waals surface area contributed by atoms with E-state index in [0.29, 0.717) is 5.01 Å². The van der Waals surface area contributed by atoms with Crippen molar-refractivity contribution >= 4 is 17.8 Å². The molecule has 0 unspecified atom stereocenters. The summed E-state index contributed by atoms with van der Waals surface area (Å²) in [5.41, 5.74) is 5.70. The highest BCUT2D eigenvalue weighted by molar-refractivity contribution is 5.95. The molecule has 0 aliphatic carbocycles. The van der Waals surface area contributed by atoms with Crippen molar-refractivity contribution in [3.05, 3.63) is 48.0 Å². The minimum Gasteiger partial charge on any atom is -0.458 e. The van der Waals surface area contributed by atoms with Crippen LogP contribution in [0.3, 0.4) is 0 Å². The average molecular weight is 277 g/mol. The molecule has 0 spiro atoms. The van der Waals surface area contributed by atoms with Gasteiger partial charge in [-0.2, -0.15) is 0 Å². The molecule has 106 valence electrons. The molecule has 0 atom stereocenters. The Morgan fingerprint density at radius 2 is 1.80 bits per heavy atom. The van der Waals surface area contributed by atoms with Gasteiger partial charge in [0.2, 0.25) is 5.91 Å². The van der Waals surface area contributed by atoms with Crippen LogP contribution in [-0.4, -0.2) is 29.3 Å². The Hall–Kier alpha value is -2.67. The zero-order valence-electron chi connectivity index (χ0n) is 10.7. The zero-order chi connectivity index (χ0) is 15.0. The van der Waals surface area contributed by atoms with Gasteiger partial charge >= 0.3 is 5.97 Å². The molecule has 20 heavy (non-hydrogen) atoms. The highest BCUT2D eigenvalue weighted by Crippen LogP contribution is 2.00. The second-order valence-electron chi connectivity index (χ2n) is 3.86. The predicted octanol–water partition coefficient (Wildman–Crippen LogP) is -0.526. The minimum atomic E-state index is -0.749. The Bertz CT molecular complexity index is 514. The summed E-state index contributed by atoms with van der Waals surface area (Å²) in [5, 5.41) is 0.601. The number of carbonyl (C=O) groups is 3. The van der Waals surface area contributed by atoms with Crippen molar-refractivity contribution in [2.45, 2.75) is 6.61 Å². The van der Waals surface area contributed by atoms with Crippen molar-refractivity contribution in [1.29, 1.82) is 0 Å². The fraction of sp³-hybridized carbons (Fsp3) is 0.154. The smallest absolute Gasteiger partial charge is 0.331 e. The maximum atomic E-state index is 11.4. The van der Waals surface area contributed by atoms with Gasteiger partial charge in [-0.15, -0.1) is 0 Å². The van der Waals surface area contributed by atoms with Gasteiger partial charge in [-0.3, -0.25) is 14.6 Å². The number of primary amides is 1. The van der Waals surface area contributed by atoms with E-state index in [1.807, 2.05) is 18.2 Å². The topological polar surface area (TPSA) is 116 Å². The van der Waals surface area contributed by atoms with Crippen LogP contribution in [0, 0.1) is 0 Å². The van der Waals surface area contributed by atoms with Gasteiger partial charge < -0.3 is 10.5 Å². The van der Waals surface area contributed by atoms with E-state index in [1.165, 1.54) is 0 Å². The average Bonchev–Trinajstić information content (AvgIpc) is 2.42. The van der Waals surface area contributed by atoms with Crippen LogP contribution in [0.4, 0.5) is 0 Å². The van der Waals surface area contributed by atoms with Gasteiger partial charge in [-0.25, -0.2) is 10.6 Å². The number of nitrogens with zero attached hydrogens (tertiary/aromatic N) is 1. The maximum absolute atomic E-state index is 11.4. The Morgan fingerprint density at radius 3 is 2.40 bits per heavy atom. The second-order valence-corrected chi connectivity index (χ2v) is 3.86. The van der Waals surface area contributed by atoms with Crippen molar-refractivity contribution < 1.29 is 19.1 Å². The van der Waals surface area contributed by atoms with Crippen LogP contribution in [0.5, 0.6) is 0 Å². The van der Waals surface area contributed by atoms with Gasteiger partial charge in [0.25, 0.3) is 5.91 Å². The molecule has 1 aromatic carbocycles. The number of amides is 2. The Labute approximate surface area is 115 Å². The quantitative estimate of drug-likeness (QED) is 0.238. The molecule has 1 rings (SSSR count). The summed E-state index contributed by atoms with van der Waals surface area (Å²) in [5.74, 6) is 3.09. The first kappa shape index (κ1) is 15.4. The third kappa shape index (κ3) is 5.78. The number of rotatable bonds is 6. The molecular formula is C13H15N3O4. The van der Waals surface area contributed by atoms with Crippen molar-refractivity contribution in [3.63, 3.8) is 0 Å². The van der Waals surface area contributed by atoms with Crippen LogP contribution in [0.2, 0.25) is 0 Å². The van der Waals surface area contributed by atoms with E-state index in [-0.39, 0.29) is 6.61 Å². The lowest BCUT2D eigenvalue weighted by Gasteiger charge is -2.11. The fourth-order valence-electron chi connectivity index (χ4n) is 1.26. The SMILES string of the molecule is NC(=O)CN(N)C(=O)C=CC(=O)OCc1ccccc1. The second kappa shape index (κ2) is 7.70. The Kier molecular flexibility index (Phi) is 5.92. The summed E-state index contributed by atoms with van der Waals surface area (Å²) >= 11 is 0. The number of benzene rings is 1. The molecule has 7 nitrogen and oxygen atoms in total. The van der Waals surface area contributed by atoms with Crippen molar-refractivity contribution in [1.82, 2.24) is 5.01 Å². The van der Waals surface area contributed by atoms with Gasteiger partial charge in [0.1, 0.15) is 13.2 Å². The highest BCUT2D eigenvalue weighted by Gasteiger charge is 2.09. The van der Waals surface area contributed by atoms with Gasteiger partial charge in [-0.1, -0.05) is 30.3 Å². The lowest BCUT2D eigenvalue weighted by atomic mass is 10.2. The van der Waals surface area contributed by atoms with Crippen LogP contribution >= 0.6 is 0 Å². The Balaban J connectivity index is 2.40. The number of ether oxygens (including phenoxy) is 1. The number of hydrazine groups is 1. The monoisotopic (exact) mass is 277 g/mol. The largest absolute Gasteiger partial charge is 0.458 e. The molecule has 0 aromatic heterocycles. The molecule has 4 N–H and O–H groups in total. The van der Waals surface area contributed by atoms with E-state index in [2.05, 4.69) is 0 Å². The summed E-state index contributed by atoms with van der Waals surface area (Å²) < 4.78 is 4.91. The molecule has 7 heteroatoms. The number of nitrogens with two attached hydrogens (primary N) is 2. The molecule has 1 aromatic rings. The van der Waals surface area contributed by atoms with Crippen LogP contribution < -0.4 is 11.6 Å². The molecule has 0 saturated carbocycles. The third-order valence-corrected chi connectivity index (χ3v) is 2.20. The number of carbonyl (C=O) groups excluding carboxylic acids is 3.